The minimum absolute atomic E-state index is 0.569. The molecule has 0 unspecified atom stereocenters. The normalized spacial score (nSPS) is 7.80. The number of hydrogen-bond donors (Lipinski definition) is 1. The van der Waals surface area contributed by atoms with E-state index in [2.05, 4.69) is 0 Å². The summed E-state index contributed by atoms with van der Waals surface area (Å²) in [5.41, 5.74) is 0. The number of aliphatic hydroxyl groups is 1. The van der Waals surface area contributed by atoms with Crippen LogP contribution in [0.2, 0.25) is 0 Å². The van der Waals surface area contributed by atoms with Crippen LogP contribution in [0.1, 0.15) is 0 Å². The van der Waals surface area contributed by atoms with Crippen LogP contribution in [0.3, 0.4) is 0 Å². The summed E-state index contributed by atoms with van der Waals surface area (Å²) in [6.07, 6.45) is 2.42. The lowest BCUT2D eigenvalue weighted by molar-refractivity contribution is 0.472. The second-order valence-corrected chi connectivity index (χ2v) is 0.385. The molecule has 25 valence electrons. The summed E-state index contributed by atoms with van der Waals surface area (Å²) in [7, 11) is 0. The Hall–Kier alpha value is -0.970. The topological polar surface area (TPSA) is 44.0 Å². The molecule has 0 bridgehead atoms. The van der Waals surface area contributed by atoms with Crippen LogP contribution < -0.4 is 0 Å². The molecule has 0 saturated carbocycles. The lowest BCUT2D eigenvalue weighted by Crippen LogP contribution is -1.44. The van der Waals surface area contributed by atoms with Crippen molar-refractivity contribution in [2.24, 2.45) is 0 Å². The van der Waals surface area contributed by atoms with Crippen LogP contribution in [0.4, 0.5) is 0 Å². The van der Waals surface area contributed by atoms with Gasteiger partial charge in [-0.25, -0.2) is 0 Å². The minimum atomic E-state index is 0.569. The lowest BCUT2D eigenvalue weighted by Gasteiger charge is -1.50. The van der Waals surface area contributed by atoms with Crippen LogP contribution in [0.25, 0.3) is 0 Å². The van der Waals surface area contributed by atoms with Crippen molar-refractivity contribution >= 4 is 0 Å². The molecule has 0 amide bonds. The Kier molecular flexibility index (Phi) is 2.44. The molecular weight excluding hydrogens is 66.0 g/mol. The second-order valence-electron chi connectivity index (χ2n) is 0.385. The molecule has 5 heavy (non-hydrogen) atoms. The van der Waals surface area contributed by atoms with Crippen LogP contribution in [0.15, 0.2) is 6.26 Å². The van der Waals surface area contributed by atoms with Crippen molar-refractivity contribution < 1.29 is 5.11 Å². The first-order valence-corrected chi connectivity index (χ1v) is 1.02. The molecule has 2 heteroatoms. The van der Waals surface area contributed by atoms with Crippen molar-refractivity contribution in [1.29, 1.82) is 5.26 Å². The molecule has 0 saturated heterocycles. The Bertz CT molecular complexity index is 69.5. The van der Waals surface area contributed by atoms with E-state index in [1.54, 1.807) is 0 Å². The molecule has 0 fully saturated rings. The van der Waals surface area contributed by atoms with E-state index in [1.165, 1.54) is 6.07 Å². The second kappa shape index (κ2) is 3.03. The number of allylic oxidation sites excluding steroid dienone is 1. The third-order valence-corrected chi connectivity index (χ3v) is 0.129. The van der Waals surface area contributed by atoms with Gasteiger partial charge in [-0.2, -0.15) is 5.26 Å². The molecule has 0 aromatic rings. The Balaban J connectivity index is 3.04. The highest BCUT2D eigenvalue weighted by atomic mass is 16.2. The summed E-state index contributed by atoms with van der Waals surface area (Å²) in [6.45, 7) is 0. The molecule has 0 rings (SSSR count). The molecule has 0 aromatic heterocycles. The molecule has 0 spiro atoms. The highest BCUT2D eigenvalue weighted by Gasteiger charge is 1.50. The fourth-order valence-corrected chi connectivity index (χ4v) is 0.0289. The van der Waals surface area contributed by atoms with E-state index in [-0.39, 0.29) is 0 Å². The van der Waals surface area contributed by atoms with Gasteiger partial charge in [0.2, 0.25) is 0 Å². The summed E-state index contributed by atoms with van der Waals surface area (Å²) in [4.78, 5) is 0. The van der Waals surface area contributed by atoms with Crippen LogP contribution in [-0.2, 0) is 0 Å². The Morgan fingerprint density at radius 3 is 2.40 bits per heavy atom. The average molecular weight is 68.1 g/mol. The van der Waals surface area contributed by atoms with Crippen molar-refractivity contribution in [3.8, 4) is 6.07 Å². The van der Waals surface area contributed by atoms with Gasteiger partial charge < -0.3 is 5.11 Å². The zero-order chi connectivity index (χ0) is 4.12. The van der Waals surface area contributed by atoms with Crippen molar-refractivity contribution in [3.05, 3.63) is 12.3 Å². The van der Waals surface area contributed by atoms with Gasteiger partial charge in [0.25, 0.3) is 0 Å². The molecular formula is C3H2NO. The standard InChI is InChI=1S/C3H2NO/c4-2-1-3-5/h3,5H. The number of nitrogens with zero attached hydrogens (tertiary/aromatic N) is 1. The van der Waals surface area contributed by atoms with E-state index >= 15 is 0 Å². The van der Waals surface area contributed by atoms with Gasteiger partial charge in [0.1, 0.15) is 12.1 Å². The van der Waals surface area contributed by atoms with Gasteiger partial charge in [0.05, 0.1) is 6.26 Å². The first-order valence-electron chi connectivity index (χ1n) is 1.02. The number of rotatable bonds is 0. The predicted molar refractivity (Wildman–Crippen MR) is 16.1 cm³/mol. The zero-order valence-corrected chi connectivity index (χ0v) is 2.47. The Morgan fingerprint density at radius 1 is 1.80 bits per heavy atom. The van der Waals surface area contributed by atoms with Gasteiger partial charge in [0, 0.05) is 0 Å². The fourth-order valence-electron chi connectivity index (χ4n) is 0.0289. The highest BCUT2D eigenvalue weighted by Crippen LogP contribution is 1.50. The number of hydrogen-bond acceptors (Lipinski definition) is 2. The largest absolute Gasteiger partial charge is 0.514 e. The monoisotopic (exact) mass is 68.0 g/mol. The molecule has 1 N–H and O–H groups in total. The molecule has 0 aromatic carbocycles. The maximum Gasteiger partial charge on any atom is 0.107 e. The van der Waals surface area contributed by atoms with E-state index < -0.39 is 0 Å². The van der Waals surface area contributed by atoms with Crippen molar-refractivity contribution in [2.75, 3.05) is 0 Å². The molecule has 0 aliphatic carbocycles. The maximum atomic E-state index is 7.61. The third-order valence-electron chi connectivity index (χ3n) is 0.129. The first-order chi connectivity index (χ1) is 2.41. The van der Waals surface area contributed by atoms with Crippen molar-refractivity contribution in [3.63, 3.8) is 0 Å². The zero-order valence-electron chi connectivity index (χ0n) is 2.47. The van der Waals surface area contributed by atoms with Crippen LogP contribution in [0, 0.1) is 17.4 Å². The molecule has 1 radical (unpaired) electrons. The molecule has 2 nitrogen and oxygen atoms in total. The summed E-state index contributed by atoms with van der Waals surface area (Å²) in [6, 6.07) is 1.46. The molecule has 0 atom stereocenters. The van der Waals surface area contributed by atoms with Gasteiger partial charge in [-0.05, 0) is 0 Å². The van der Waals surface area contributed by atoms with Crippen LogP contribution >= 0.6 is 0 Å². The molecule has 0 aliphatic heterocycles. The maximum absolute atomic E-state index is 7.61. The van der Waals surface area contributed by atoms with E-state index in [1.807, 2.05) is 6.08 Å². The van der Waals surface area contributed by atoms with Crippen LogP contribution in [0.5, 0.6) is 0 Å². The minimum Gasteiger partial charge on any atom is -0.514 e. The number of aliphatic hydroxyl groups excluding tert-OH is 1. The van der Waals surface area contributed by atoms with Gasteiger partial charge in [-0.15, -0.1) is 0 Å². The van der Waals surface area contributed by atoms with Crippen molar-refractivity contribution in [1.82, 2.24) is 0 Å². The predicted octanol–water partition coefficient (Wildman–Crippen LogP) is 0.385. The molecule has 0 aliphatic rings. The van der Waals surface area contributed by atoms with E-state index in [0.29, 0.717) is 6.26 Å². The average Bonchev–Trinajstić information content (AvgIpc) is 1.41. The Labute approximate surface area is 30.0 Å². The smallest absolute Gasteiger partial charge is 0.107 e. The number of nitriles is 1. The SMILES string of the molecule is N#C[C]=CO. The van der Waals surface area contributed by atoms with Gasteiger partial charge >= 0.3 is 0 Å². The first kappa shape index (κ1) is 4.03. The quantitative estimate of drug-likeness (QED) is 0.329. The van der Waals surface area contributed by atoms with Gasteiger partial charge in [-0.1, -0.05) is 0 Å². The van der Waals surface area contributed by atoms with Gasteiger partial charge in [-0.3, -0.25) is 0 Å². The fraction of sp³-hybridized carbons (Fsp3) is 0. The summed E-state index contributed by atoms with van der Waals surface area (Å²) >= 11 is 0. The van der Waals surface area contributed by atoms with Crippen LogP contribution in [-0.4, -0.2) is 5.11 Å². The molecule has 0 heterocycles. The Morgan fingerprint density at radius 2 is 2.40 bits per heavy atom. The summed E-state index contributed by atoms with van der Waals surface area (Å²) < 4.78 is 0. The van der Waals surface area contributed by atoms with E-state index in [0.717, 1.165) is 0 Å². The lowest BCUT2D eigenvalue weighted by atomic mass is 10.7. The van der Waals surface area contributed by atoms with E-state index in [9.17, 15) is 0 Å². The summed E-state index contributed by atoms with van der Waals surface area (Å²) in [5.74, 6) is 0. The highest BCUT2D eigenvalue weighted by molar-refractivity contribution is 4.86. The summed E-state index contributed by atoms with van der Waals surface area (Å²) in [5, 5.41) is 15.1. The van der Waals surface area contributed by atoms with E-state index in [4.69, 9.17) is 10.4 Å². The third kappa shape index (κ3) is 3.03. The van der Waals surface area contributed by atoms with Crippen molar-refractivity contribution in [2.45, 2.75) is 0 Å². The van der Waals surface area contributed by atoms with Gasteiger partial charge in [0.15, 0.2) is 0 Å².